The summed E-state index contributed by atoms with van der Waals surface area (Å²) in [4.78, 5) is 23.3. The second-order valence-electron chi connectivity index (χ2n) is 4.55. The molecule has 1 aliphatic rings. The van der Waals surface area contributed by atoms with Crippen LogP contribution in [0.15, 0.2) is 12.4 Å². The Bertz CT molecular complexity index is 421. The fourth-order valence-electron chi connectivity index (χ4n) is 2.19. The third-order valence-corrected chi connectivity index (χ3v) is 3.43. The summed E-state index contributed by atoms with van der Waals surface area (Å²) in [6, 6.07) is 0.514. The zero-order chi connectivity index (χ0) is 13.1. The van der Waals surface area contributed by atoms with Gasteiger partial charge >= 0.3 is 5.97 Å². The van der Waals surface area contributed by atoms with E-state index >= 15 is 0 Å². The summed E-state index contributed by atoms with van der Waals surface area (Å²) in [5.74, 6) is -0.287. The summed E-state index contributed by atoms with van der Waals surface area (Å²) in [5, 5.41) is 8.78. The summed E-state index contributed by atoms with van der Waals surface area (Å²) in [6.45, 7) is 4.97. The highest BCUT2D eigenvalue weighted by atomic mass is 16.4. The maximum atomic E-state index is 10.7. The average Bonchev–Trinajstić information content (AvgIpc) is 2.39. The van der Waals surface area contributed by atoms with Crippen molar-refractivity contribution in [3.05, 3.63) is 18.1 Å². The number of likely N-dealkylation sites (N-methyl/N-ethyl adjacent to an activating group) is 1. The second kappa shape index (κ2) is 5.30. The number of piperazine rings is 1. The normalized spacial score (nSPS) is 21.0. The molecule has 0 saturated carbocycles. The van der Waals surface area contributed by atoms with Crippen LogP contribution in [-0.4, -0.2) is 58.7 Å². The Kier molecular flexibility index (Phi) is 3.76. The lowest BCUT2D eigenvalue weighted by Crippen LogP contribution is -2.51. The zero-order valence-electron chi connectivity index (χ0n) is 10.7. The molecule has 2 rings (SSSR count). The fraction of sp³-hybridized carbons (Fsp3) is 0.583. The zero-order valence-corrected chi connectivity index (χ0v) is 10.7. The van der Waals surface area contributed by atoms with Gasteiger partial charge in [-0.05, 0) is 13.5 Å². The standard InChI is InChI=1S/C12H18N4O2/c1-3-9-8-16(5-4-15(9)2)11-7-13-10(6-14-11)12(17)18/h6-7,9H,3-5,8H2,1-2H3,(H,17,18). The van der Waals surface area contributed by atoms with Crippen molar-refractivity contribution in [2.24, 2.45) is 0 Å². The van der Waals surface area contributed by atoms with E-state index in [1.165, 1.54) is 6.20 Å². The van der Waals surface area contributed by atoms with Gasteiger partial charge in [0.25, 0.3) is 0 Å². The summed E-state index contributed by atoms with van der Waals surface area (Å²) >= 11 is 0. The molecular weight excluding hydrogens is 232 g/mol. The van der Waals surface area contributed by atoms with Gasteiger partial charge in [0, 0.05) is 25.7 Å². The first kappa shape index (κ1) is 12.8. The number of aromatic nitrogens is 2. The van der Waals surface area contributed by atoms with Crippen LogP contribution >= 0.6 is 0 Å². The summed E-state index contributed by atoms with van der Waals surface area (Å²) in [5.41, 5.74) is -0.0140. The van der Waals surface area contributed by atoms with E-state index in [9.17, 15) is 4.79 Å². The number of hydrogen-bond donors (Lipinski definition) is 1. The number of nitrogens with zero attached hydrogens (tertiary/aromatic N) is 4. The number of carboxylic acids is 1. The Balaban J connectivity index is 2.09. The first-order chi connectivity index (χ1) is 8.61. The van der Waals surface area contributed by atoms with Gasteiger partial charge in [-0.1, -0.05) is 6.92 Å². The molecule has 98 valence electrons. The lowest BCUT2D eigenvalue weighted by molar-refractivity contribution is 0.0690. The maximum absolute atomic E-state index is 10.7. The van der Waals surface area contributed by atoms with Crippen molar-refractivity contribution < 1.29 is 9.90 Å². The topological polar surface area (TPSA) is 69.6 Å². The van der Waals surface area contributed by atoms with Crippen molar-refractivity contribution in [1.29, 1.82) is 0 Å². The average molecular weight is 250 g/mol. The van der Waals surface area contributed by atoms with Gasteiger partial charge in [-0.15, -0.1) is 0 Å². The number of aromatic carboxylic acids is 1. The SMILES string of the molecule is CCC1CN(c2cnc(C(=O)O)cn2)CCN1C. The Morgan fingerprint density at radius 1 is 1.44 bits per heavy atom. The molecule has 1 aromatic rings. The highest BCUT2D eigenvalue weighted by Crippen LogP contribution is 2.16. The molecule has 0 aromatic carbocycles. The fourth-order valence-corrected chi connectivity index (χ4v) is 2.19. The number of carboxylic acid groups (broad SMARTS) is 1. The van der Waals surface area contributed by atoms with Crippen molar-refractivity contribution in [3.63, 3.8) is 0 Å². The highest BCUT2D eigenvalue weighted by molar-refractivity contribution is 5.84. The number of anilines is 1. The van der Waals surface area contributed by atoms with Crippen molar-refractivity contribution in [1.82, 2.24) is 14.9 Å². The van der Waals surface area contributed by atoms with Crippen LogP contribution in [0.4, 0.5) is 5.82 Å². The van der Waals surface area contributed by atoms with Crippen molar-refractivity contribution in [2.45, 2.75) is 19.4 Å². The third-order valence-electron chi connectivity index (χ3n) is 3.43. The largest absolute Gasteiger partial charge is 0.476 e. The molecule has 2 heterocycles. The maximum Gasteiger partial charge on any atom is 0.356 e. The van der Waals surface area contributed by atoms with Crippen LogP contribution in [0.25, 0.3) is 0 Å². The van der Waals surface area contributed by atoms with E-state index in [4.69, 9.17) is 5.11 Å². The molecule has 1 atom stereocenters. The molecular formula is C12H18N4O2. The van der Waals surface area contributed by atoms with Gasteiger partial charge in [-0.3, -0.25) is 4.90 Å². The van der Waals surface area contributed by atoms with E-state index < -0.39 is 5.97 Å². The first-order valence-electron chi connectivity index (χ1n) is 6.12. The molecule has 1 unspecified atom stereocenters. The minimum absolute atomic E-state index is 0.0140. The van der Waals surface area contributed by atoms with E-state index in [2.05, 4.69) is 33.7 Å². The van der Waals surface area contributed by atoms with Gasteiger partial charge in [0.15, 0.2) is 5.69 Å². The number of carbonyl (C=O) groups is 1. The molecule has 1 aromatic heterocycles. The Morgan fingerprint density at radius 2 is 2.22 bits per heavy atom. The summed E-state index contributed by atoms with van der Waals surface area (Å²) in [7, 11) is 2.13. The predicted octanol–water partition coefficient (Wildman–Crippen LogP) is 0.705. The number of hydrogen-bond acceptors (Lipinski definition) is 5. The third kappa shape index (κ3) is 2.59. The molecule has 0 spiro atoms. The van der Waals surface area contributed by atoms with Crippen LogP contribution in [0.2, 0.25) is 0 Å². The number of rotatable bonds is 3. The van der Waals surface area contributed by atoms with E-state index in [1.54, 1.807) is 6.20 Å². The molecule has 1 aliphatic heterocycles. The van der Waals surface area contributed by atoms with Gasteiger partial charge in [0.1, 0.15) is 5.82 Å². The van der Waals surface area contributed by atoms with Crippen LogP contribution in [0.1, 0.15) is 23.8 Å². The Hall–Kier alpha value is -1.69. The van der Waals surface area contributed by atoms with E-state index in [0.29, 0.717) is 6.04 Å². The van der Waals surface area contributed by atoms with Crippen LogP contribution in [-0.2, 0) is 0 Å². The molecule has 6 nitrogen and oxygen atoms in total. The van der Waals surface area contributed by atoms with Crippen molar-refractivity contribution in [3.8, 4) is 0 Å². The molecule has 0 bridgehead atoms. The van der Waals surface area contributed by atoms with Crippen LogP contribution in [0, 0.1) is 0 Å². The van der Waals surface area contributed by atoms with Gasteiger partial charge in [-0.2, -0.15) is 0 Å². The van der Waals surface area contributed by atoms with Gasteiger partial charge in [0.2, 0.25) is 0 Å². The molecule has 1 N–H and O–H groups in total. The minimum atomic E-state index is -1.04. The van der Waals surface area contributed by atoms with Crippen LogP contribution in [0.5, 0.6) is 0 Å². The Labute approximate surface area is 106 Å². The summed E-state index contributed by atoms with van der Waals surface area (Å²) in [6.07, 6.45) is 3.95. The van der Waals surface area contributed by atoms with Gasteiger partial charge in [0.05, 0.1) is 12.4 Å². The lowest BCUT2D eigenvalue weighted by atomic mass is 10.1. The molecule has 1 saturated heterocycles. The van der Waals surface area contributed by atoms with Crippen LogP contribution in [0.3, 0.4) is 0 Å². The summed E-state index contributed by atoms with van der Waals surface area (Å²) < 4.78 is 0. The molecule has 1 fully saturated rings. The van der Waals surface area contributed by atoms with Crippen LogP contribution < -0.4 is 4.90 Å². The Morgan fingerprint density at radius 3 is 2.78 bits per heavy atom. The monoisotopic (exact) mass is 250 g/mol. The van der Waals surface area contributed by atoms with E-state index in [0.717, 1.165) is 31.9 Å². The second-order valence-corrected chi connectivity index (χ2v) is 4.55. The molecule has 18 heavy (non-hydrogen) atoms. The predicted molar refractivity (Wildman–Crippen MR) is 67.9 cm³/mol. The van der Waals surface area contributed by atoms with E-state index in [-0.39, 0.29) is 5.69 Å². The first-order valence-corrected chi connectivity index (χ1v) is 6.12. The minimum Gasteiger partial charge on any atom is -0.476 e. The van der Waals surface area contributed by atoms with Gasteiger partial charge < -0.3 is 10.0 Å². The molecule has 0 amide bonds. The smallest absolute Gasteiger partial charge is 0.356 e. The molecule has 0 aliphatic carbocycles. The van der Waals surface area contributed by atoms with E-state index in [1.807, 2.05) is 0 Å². The molecule has 0 radical (unpaired) electrons. The molecule has 6 heteroatoms. The lowest BCUT2D eigenvalue weighted by Gasteiger charge is -2.39. The van der Waals surface area contributed by atoms with Crippen molar-refractivity contribution >= 4 is 11.8 Å². The quantitative estimate of drug-likeness (QED) is 0.852. The van der Waals surface area contributed by atoms with Crippen molar-refractivity contribution in [2.75, 3.05) is 31.6 Å². The van der Waals surface area contributed by atoms with Gasteiger partial charge in [-0.25, -0.2) is 14.8 Å². The highest BCUT2D eigenvalue weighted by Gasteiger charge is 2.23.